The molecule has 1 fully saturated rings. The van der Waals surface area contributed by atoms with Gasteiger partial charge >= 0.3 is 0 Å². The molecule has 2 unspecified atom stereocenters. The molecule has 2 nitrogen and oxygen atoms in total. The van der Waals surface area contributed by atoms with Crippen LogP contribution >= 0.6 is 11.8 Å². The zero-order valence-corrected chi connectivity index (χ0v) is 13.2. The number of benzene rings is 1. The third-order valence-electron chi connectivity index (χ3n) is 3.99. The van der Waals surface area contributed by atoms with Crippen LogP contribution in [0.15, 0.2) is 29.2 Å². The molecule has 1 N–H and O–H groups in total. The van der Waals surface area contributed by atoms with E-state index in [1.807, 2.05) is 11.8 Å². The molecule has 1 aromatic carbocycles. The summed E-state index contributed by atoms with van der Waals surface area (Å²) in [6.45, 7) is 6.82. The maximum Gasteiger partial charge on any atom is 0.0412 e. The van der Waals surface area contributed by atoms with Crippen molar-refractivity contribution >= 4 is 17.4 Å². The normalized spacial score (nSPS) is 23.6. The number of hydrogen-bond donors (Lipinski definition) is 1. The first kappa shape index (κ1) is 14.7. The van der Waals surface area contributed by atoms with E-state index in [1.54, 1.807) is 0 Å². The van der Waals surface area contributed by atoms with Crippen LogP contribution in [0.3, 0.4) is 0 Å². The van der Waals surface area contributed by atoms with Crippen molar-refractivity contribution in [2.75, 3.05) is 24.2 Å². The number of nitrogens with zero attached hydrogens (tertiary/aromatic N) is 1. The molecule has 0 saturated carbocycles. The lowest BCUT2D eigenvalue weighted by Crippen LogP contribution is -2.56. The van der Waals surface area contributed by atoms with Crippen LogP contribution < -0.4 is 10.2 Å². The Morgan fingerprint density at radius 2 is 2.21 bits per heavy atom. The second-order valence-corrected chi connectivity index (χ2v) is 6.19. The monoisotopic (exact) mass is 278 g/mol. The van der Waals surface area contributed by atoms with Crippen LogP contribution in [0, 0.1) is 0 Å². The summed E-state index contributed by atoms with van der Waals surface area (Å²) in [5, 5.41) is 3.70. The Morgan fingerprint density at radius 3 is 2.89 bits per heavy atom. The van der Waals surface area contributed by atoms with Crippen molar-refractivity contribution in [2.24, 2.45) is 0 Å². The van der Waals surface area contributed by atoms with Crippen molar-refractivity contribution in [2.45, 2.75) is 50.1 Å². The van der Waals surface area contributed by atoms with Crippen LogP contribution in [0.25, 0.3) is 0 Å². The SMILES string of the molecule is CCCC1CN(c2cccc(SC)c2)C(CC)CN1. The number of nitrogens with one attached hydrogen (secondary N) is 1. The smallest absolute Gasteiger partial charge is 0.0412 e. The predicted molar refractivity (Wildman–Crippen MR) is 86.3 cm³/mol. The fourth-order valence-corrected chi connectivity index (χ4v) is 3.33. The molecule has 0 radical (unpaired) electrons. The molecule has 1 aromatic rings. The summed E-state index contributed by atoms with van der Waals surface area (Å²) in [5.41, 5.74) is 1.39. The van der Waals surface area contributed by atoms with Gasteiger partial charge in [-0.3, -0.25) is 0 Å². The second kappa shape index (κ2) is 7.20. The Hall–Kier alpha value is -0.670. The predicted octanol–water partition coefficient (Wildman–Crippen LogP) is 3.77. The van der Waals surface area contributed by atoms with E-state index in [1.165, 1.54) is 29.8 Å². The van der Waals surface area contributed by atoms with Crippen molar-refractivity contribution in [3.63, 3.8) is 0 Å². The van der Waals surface area contributed by atoms with Gasteiger partial charge in [0.1, 0.15) is 0 Å². The molecule has 0 aromatic heterocycles. The van der Waals surface area contributed by atoms with Gasteiger partial charge in [0.25, 0.3) is 0 Å². The first-order chi connectivity index (χ1) is 9.28. The van der Waals surface area contributed by atoms with Gasteiger partial charge in [-0.1, -0.05) is 26.3 Å². The van der Waals surface area contributed by atoms with Crippen LogP contribution in [0.5, 0.6) is 0 Å². The number of piperazine rings is 1. The van der Waals surface area contributed by atoms with Gasteiger partial charge in [-0.25, -0.2) is 0 Å². The van der Waals surface area contributed by atoms with E-state index in [0.29, 0.717) is 12.1 Å². The van der Waals surface area contributed by atoms with Gasteiger partial charge in [-0.05, 0) is 37.3 Å². The van der Waals surface area contributed by atoms with Crippen molar-refractivity contribution in [3.8, 4) is 0 Å². The Labute approximate surface area is 122 Å². The molecule has 19 heavy (non-hydrogen) atoms. The number of hydrogen-bond acceptors (Lipinski definition) is 3. The van der Waals surface area contributed by atoms with Crippen LogP contribution in [-0.4, -0.2) is 31.4 Å². The zero-order chi connectivity index (χ0) is 13.7. The van der Waals surface area contributed by atoms with E-state index in [2.05, 4.69) is 54.6 Å². The van der Waals surface area contributed by atoms with Crippen molar-refractivity contribution in [1.29, 1.82) is 0 Å². The Balaban J connectivity index is 2.16. The van der Waals surface area contributed by atoms with Crippen molar-refractivity contribution < 1.29 is 0 Å². The van der Waals surface area contributed by atoms with Crippen LogP contribution in [-0.2, 0) is 0 Å². The molecule has 2 atom stereocenters. The highest BCUT2D eigenvalue weighted by Crippen LogP contribution is 2.26. The molecule has 1 aliphatic heterocycles. The van der Waals surface area contributed by atoms with Crippen molar-refractivity contribution in [1.82, 2.24) is 5.32 Å². The minimum atomic E-state index is 0.630. The average Bonchev–Trinajstić information content (AvgIpc) is 2.47. The summed E-state index contributed by atoms with van der Waals surface area (Å²) in [4.78, 5) is 3.97. The number of rotatable bonds is 5. The summed E-state index contributed by atoms with van der Waals surface area (Å²) < 4.78 is 0. The van der Waals surface area contributed by atoms with Gasteiger partial charge < -0.3 is 10.2 Å². The average molecular weight is 278 g/mol. The largest absolute Gasteiger partial charge is 0.366 e. The molecular weight excluding hydrogens is 252 g/mol. The lowest BCUT2D eigenvalue weighted by Gasteiger charge is -2.42. The summed E-state index contributed by atoms with van der Waals surface area (Å²) in [6, 6.07) is 10.3. The Bertz CT molecular complexity index is 394. The van der Waals surface area contributed by atoms with E-state index in [0.717, 1.165) is 13.1 Å². The minimum Gasteiger partial charge on any atom is -0.366 e. The summed E-state index contributed by atoms with van der Waals surface area (Å²) in [5.74, 6) is 0. The third kappa shape index (κ3) is 3.67. The molecule has 0 amide bonds. The lowest BCUT2D eigenvalue weighted by atomic mass is 10.0. The summed E-state index contributed by atoms with van der Waals surface area (Å²) in [7, 11) is 0. The molecule has 0 spiro atoms. The van der Waals surface area contributed by atoms with Gasteiger partial charge in [0.2, 0.25) is 0 Å². The van der Waals surface area contributed by atoms with E-state index in [-0.39, 0.29) is 0 Å². The third-order valence-corrected chi connectivity index (χ3v) is 4.72. The van der Waals surface area contributed by atoms with Gasteiger partial charge in [-0.2, -0.15) is 0 Å². The highest BCUT2D eigenvalue weighted by atomic mass is 32.2. The minimum absolute atomic E-state index is 0.630. The summed E-state index contributed by atoms with van der Waals surface area (Å²) in [6.07, 6.45) is 5.88. The molecule has 1 aliphatic rings. The van der Waals surface area contributed by atoms with Crippen LogP contribution in [0.4, 0.5) is 5.69 Å². The molecule has 2 rings (SSSR count). The second-order valence-electron chi connectivity index (χ2n) is 5.31. The zero-order valence-electron chi connectivity index (χ0n) is 12.4. The lowest BCUT2D eigenvalue weighted by molar-refractivity contribution is 0.369. The summed E-state index contributed by atoms with van der Waals surface area (Å²) >= 11 is 1.82. The van der Waals surface area contributed by atoms with Gasteiger partial charge in [0.05, 0.1) is 0 Å². The Kier molecular flexibility index (Phi) is 5.59. The van der Waals surface area contributed by atoms with Crippen LogP contribution in [0.2, 0.25) is 0 Å². The number of thioether (sulfide) groups is 1. The Morgan fingerprint density at radius 1 is 1.37 bits per heavy atom. The standard InChI is InChI=1S/C16H26N2S/c1-4-7-13-12-18(14(5-2)11-17-13)15-8-6-9-16(10-15)19-3/h6,8-10,13-14,17H,4-5,7,11-12H2,1-3H3. The van der Waals surface area contributed by atoms with Crippen LogP contribution in [0.1, 0.15) is 33.1 Å². The number of anilines is 1. The molecule has 3 heteroatoms. The maximum absolute atomic E-state index is 3.70. The first-order valence-electron chi connectivity index (χ1n) is 7.42. The van der Waals surface area contributed by atoms with E-state index in [9.17, 15) is 0 Å². The van der Waals surface area contributed by atoms with Gasteiger partial charge in [0, 0.05) is 35.8 Å². The van der Waals surface area contributed by atoms with E-state index >= 15 is 0 Å². The highest BCUT2D eigenvalue weighted by molar-refractivity contribution is 7.98. The van der Waals surface area contributed by atoms with E-state index in [4.69, 9.17) is 0 Å². The molecule has 1 saturated heterocycles. The molecule has 0 bridgehead atoms. The van der Waals surface area contributed by atoms with Crippen molar-refractivity contribution in [3.05, 3.63) is 24.3 Å². The maximum atomic E-state index is 3.70. The topological polar surface area (TPSA) is 15.3 Å². The first-order valence-corrected chi connectivity index (χ1v) is 8.65. The fraction of sp³-hybridized carbons (Fsp3) is 0.625. The van der Waals surface area contributed by atoms with E-state index < -0.39 is 0 Å². The molecular formula is C16H26N2S. The molecule has 0 aliphatic carbocycles. The fourth-order valence-electron chi connectivity index (χ4n) is 2.88. The quantitative estimate of drug-likeness (QED) is 0.826. The molecule has 1 heterocycles. The highest BCUT2D eigenvalue weighted by Gasteiger charge is 2.26. The van der Waals surface area contributed by atoms with Gasteiger partial charge in [0.15, 0.2) is 0 Å². The molecule has 106 valence electrons. The van der Waals surface area contributed by atoms with Gasteiger partial charge in [-0.15, -0.1) is 11.8 Å².